The molecule has 1 fully saturated rings. The van der Waals surface area contributed by atoms with Crippen molar-refractivity contribution in [2.75, 3.05) is 17.2 Å². The summed E-state index contributed by atoms with van der Waals surface area (Å²) in [5.41, 5.74) is 1.82. The molecular weight excluding hydrogens is 342 g/mol. The van der Waals surface area contributed by atoms with Crippen LogP contribution in [0.2, 0.25) is 0 Å². The van der Waals surface area contributed by atoms with Gasteiger partial charge in [0.15, 0.2) is 0 Å². The van der Waals surface area contributed by atoms with Crippen molar-refractivity contribution in [1.82, 2.24) is 0 Å². The van der Waals surface area contributed by atoms with Crippen LogP contribution in [0.1, 0.15) is 36.0 Å². The highest BCUT2D eigenvalue weighted by Gasteiger charge is 2.29. The first kappa shape index (κ1) is 18.5. The Morgan fingerprint density at radius 3 is 2.56 bits per heavy atom. The molecule has 0 heterocycles. The summed E-state index contributed by atoms with van der Waals surface area (Å²) in [7, 11) is 0. The SMILES string of the molecule is N#CCCCOc1cccc(NC(=O)c2ccc(NC(=O)C3CC3)cc2)c1. The predicted molar refractivity (Wildman–Crippen MR) is 103 cm³/mol. The summed E-state index contributed by atoms with van der Waals surface area (Å²) >= 11 is 0. The van der Waals surface area contributed by atoms with Crippen molar-refractivity contribution in [3.05, 3.63) is 54.1 Å². The average molecular weight is 363 g/mol. The number of hydrogen-bond donors (Lipinski definition) is 2. The van der Waals surface area contributed by atoms with Crippen LogP contribution in [0, 0.1) is 17.2 Å². The molecule has 2 amide bonds. The van der Waals surface area contributed by atoms with Gasteiger partial charge in [-0.25, -0.2) is 0 Å². The van der Waals surface area contributed by atoms with Gasteiger partial charge < -0.3 is 15.4 Å². The molecule has 0 unspecified atom stereocenters. The molecule has 3 rings (SSSR count). The van der Waals surface area contributed by atoms with Crippen LogP contribution in [-0.2, 0) is 4.79 Å². The molecule has 0 aromatic heterocycles. The highest BCUT2D eigenvalue weighted by atomic mass is 16.5. The number of carbonyl (C=O) groups excluding carboxylic acids is 2. The molecule has 138 valence electrons. The van der Waals surface area contributed by atoms with E-state index in [1.165, 1.54) is 0 Å². The number of nitrogens with one attached hydrogen (secondary N) is 2. The summed E-state index contributed by atoms with van der Waals surface area (Å²) in [6.07, 6.45) is 3.02. The average Bonchev–Trinajstić information content (AvgIpc) is 3.51. The molecular formula is C21H21N3O3. The van der Waals surface area contributed by atoms with E-state index < -0.39 is 0 Å². The van der Waals surface area contributed by atoms with Gasteiger partial charge in [-0.3, -0.25) is 9.59 Å². The van der Waals surface area contributed by atoms with Crippen LogP contribution < -0.4 is 15.4 Å². The Hall–Kier alpha value is -3.33. The number of unbranched alkanes of at least 4 members (excludes halogenated alkanes) is 1. The maximum absolute atomic E-state index is 12.4. The van der Waals surface area contributed by atoms with Crippen molar-refractivity contribution in [2.45, 2.75) is 25.7 Å². The molecule has 2 aromatic carbocycles. The van der Waals surface area contributed by atoms with Crippen LogP contribution in [0.4, 0.5) is 11.4 Å². The third kappa shape index (κ3) is 5.58. The molecule has 0 saturated heterocycles. The first-order valence-corrected chi connectivity index (χ1v) is 8.98. The summed E-state index contributed by atoms with van der Waals surface area (Å²) < 4.78 is 5.57. The summed E-state index contributed by atoms with van der Waals surface area (Å²) in [5.74, 6) is 0.585. The molecule has 1 aliphatic rings. The molecule has 0 atom stereocenters. The maximum atomic E-state index is 12.4. The van der Waals surface area contributed by atoms with Crippen LogP contribution >= 0.6 is 0 Å². The predicted octanol–water partition coefficient (Wildman–Crippen LogP) is 3.97. The van der Waals surface area contributed by atoms with Gasteiger partial charge in [-0.05, 0) is 55.7 Å². The Balaban J connectivity index is 1.55. The lowest BCUT2D eigenvalue weighted by Gasteiger charge is -2.09. The topological polar surface area (TPSA) is 91.2 Å². The van der Waals surface area contributed by atoms with E-state index in [1.54, 1.807) is 48.5 Å². The lowest BCUT2D eigenvalue weighted by Crippen LogP contribution is -2.14. The first-order valence-electron chi connectivity index (χ1n) is 8.98. The van der Waals surface area contributed by atoms with Gasteiger partial charge in [-0.1, -0.05) is 6.07 Å². The van der Waals surface area contributed by atoms with Crippen LogP contribution in [0.15, 0.2) is 48.5 Å². The monoisotopic (exact) mass is 363 g/mol. The molecule has 1 saturated carbocycles. The Morgan fingerprint density at radius 2 is 1.85 bits per heavy atom. The van der Waals surface area contributed by atoms with Gasteiger partial charge in [0.1, 0.15) is 5.75 Å². The molecule has 6 nitrogen and oxygen atoms in total. The minimum absolute atomic E-state index is 0.0405. The summed E-state index contributed by atoms with van der Waals surface area (Å²) in [4.78, 5) is 24.2. The van der Waals surface area contributed by atoms with E-state index in [9.17, 15) is 9.59 Å². The first-order chi connectivity index (χ1) is 13.2. The molecule has 0 bridgehead atoms. The molecule has 2 aromatic rings. The third-order valence-electron chi connectivity index (χ3n) is 4.16. The molecule has 0 spiro atoms. The number of rotatable bonds is 8. The molecule has 1 aliphatic carbocycles. The highest BCUT2D eigenvalue weighted by molar-refractivity contribution is 6.04. The van der Waals surface area contributed by atoms with Crippen LogP contribution in [0.5, 0.6) is 5.75 Å². The fourth-order valence-electron chi connectivity index (χ4n) is 2.50. The second kappa shape index (κ2) is 8.86. The standard InChI is InChI=1S/C21H21N3O3/c22-12-1-2-13-27-19-5-3-4-18(14-19)24-21(26)16-8-10-17(11-9-16)23-20(25)15-6-7-15/h3-5,8-11,14-15H,1-2,6-7,13H2,(H,23,25)(H,24,26). The lowest BCUT2D eigenvalue weighted by molar-refractivity contribution is -0.117. The van der Waals surface area contributed by atoms with Crippen LogP contribution in [-0.4, -0.2) is 18.4 Å². The van der Waals surface area contributed by atoms with Crippen LogP contribution in [0.25, 0.3) is 0 Å². The number of nitriles is 1. The Kier molecular flexibility index (Phi) is 6.06. The zero-order valence-electron chi connectivity index (χ0n) is 14.9. The van der Waals surface area contributed by atoms with Gasteiger partial charge in [0, 0.05) is 35.3 Å². The fourth-order valence-corrected chi connectivity index (χ4v) is 2.50. The summed E-state index contributed by atoms with van der Waals surface area (Å²) in [5, 5.41) is 14.2. The third-order valence-corrected chi connectivity index (χ3v) is 4.16. The molecule has 2 N–H and O–H groups in total. The number of anilines is 2. The van der Waals surface area contributed by atoms with Gasteiger partial charge in [-0.2, -0.15) is 5.26 Å². The second-order valence-corrected chi connectivity index (χ2v) is 6.43. The van der Waals surface area contributed by atoms with Crippen molar-refractivity contribution >= 4 is 23.2 Å². The number of carbonyl (C=O) groups is 2. The Morgan fingerprint density at radius 1 is 1.07 bits per heavy atom. The van der Waals surface area contributed by atoms with Crippen molar-refractivity contribution < 1.29 is 14.3 Å². The number of benzene rings is 2. The fraction of sp³-hybridized carbons (Fsp3) is 0.286. The minimum Gasteiger partial charge on any atom is -0.493 e. The number of amides is 2. The Labute approximate surface area is 158 Å². The van der Waals surface area contributed by atoms with E-state index in [0.29, 0.717) is 42.1 Å². The van der Waals surface area contributed by atoms with E-state index in [1.807, 2.05) is 0 Å². The largest absolute Gasteiger partial charge is 0.493 e. The van der Waals surface area contributed by atoms with Crippen molar-refractivity contribution in [3.63, 3.8) is 0 Å². The van der Waals surface area contributed by atoms with Gasteiger partial charge in [0.2, 0.25) is 5.91 Å². The maximum Gasteiger partial charge on any atom is 0.255 e. The van der Waals surface area contributed by atoms with Crippen LogP contribution in [0.3, 0.4) is 0 Å². The second-order valence-electron chi connectivity index (χ2n) is 6.43. The minimum atomic E-state index is -0.239. The highest BCUT2D eigenvalue weighted by Crippen LogP contribution is 2.30. The van der Waals surface area contributed by atoms with E-state index in [0.717, 1.165) is 12.8 Å². The number of hydrogen-bond acceptors (Lipinski definition) is 4. The summed E-state index contributed by atoms with van der Waals surface area (Å²) in [6.45, 7) is 0.457. The van der Waals surface area contributed by atoms with Gasteiger partial charge in [0.25, 0.3) is 5.91 Å². The van der Waals surface area contributed by atoms with Gasteiger partial charge >= 0.3 is 0 Å². The van der Waals surface area contributed by atoms with Crippen molar-refractivity contribution in [2.24, 2.45) is 5.92 Å². The molecule has 27 heavy (non-hydrogen) atoms. The van der Waals surface area contributed by atoms with E-state index in [2.05, 4.69) is 16.7 Å². The Bertz CT molecular complexity index is 852. The lowest BCUT2D eigenvalue weighted by atomic mass is 10.2. The van der Waals surface area contributed by atoms with Crippen molar-refractivity contribution in [3.8, 4) is 11.8 Å². The zero-order chi connectivity index (χ0) is 19.1. The molecule has 0 radical (unpaired) electrons. The number of ether oxygens (including phenoxy) is 1. The van der Waals surface area contributed by atoms with E-state index in [4.69, 9.17) is 10.00 Å². The summed E-state index contributed by atoms with van der Waals surface area (Å²) in [6, 6.07) is 16.0. The molecule has 0 aliphatic heterocycles. The zero-order valence-corrected chi connectivity index (χ0v) is 14.9. The number of nitrogens with zero attached hydrogens (tertiary/aromatic N) is 1. The van der Waals surface area contributed by atoms with Gasteiger partial charge in [0.05, 0.1) is 12.7 Å². The quantitative estimate of drug-likeness (QED) is 0.694. The van der Waals surface area contributed by atoms with E-state index in [-0.39, 0.29) is 17.7 Å². The smallest absolute Gasteiger partial charge is 0.255 e. The normalized spacial score (nSPS) is 12.7. The van der Waals surface area contributed by atoms with Gasteiger partial charge in [-0.15, -0.1) is 0 Å². The van der Waals surface area contributed by atoms with E-state index >= 15 is 0 Å². The molecule has 6 heteroatoms. The van der Waals surface area contributed by atoms with Crippen molar-refractivity contribution in [1.29, 1.82) is 5.26 Å².